The van der Waals surface area contributed by atoms with Gasteiger partial charge in [0.1, 0.15) is 12.7 Å². The van der Waals surface area contributed by atoms with Crippen LogP contribution in [0.3, 0.4) is 0 Å². The van der Waals surface area contributed by atoms with Crippen LogP contribution in [0.25, 0.3) is 0 Å². The zero-order chi connectivity index (χ0) is 13.9. The molecule has 0 spiro atoms. The largest absolute Gasteiger partial charge is 0.478 e. The van der Waals surface area contributed by atoms with Crippen molar-refractivity contribution >= 4 is 5.90 Å². The Bertz CT molecular complexity index is 523. The van der Waals surface area contributed by atoms with Crippen LogP contribution in [0.4, 0.5) is 0 Å². The number of aliphatic hydroxyl groups is 1. The lowest BCUT2D eigenvalue weighted by Crippen LogP contribution is -2.24. The van der Waals surface area contributed by atoms with Crippen LogP contribution >= 0.6 is 0 Å². The van der Waals surface area contributed by atoms with Gasteiger partial charge in [0.25, 0.3) is 0 Å². The molecule has 100 valence electrons. The molecule has 0 amide bonds. The van der Waals surface area contributed by atoms with E-state index in [4.69, 9.17) is 4.74 Å². The number of aliphatic imine (C=N–C) groups is 1. The predicted octanol–water partition coefficient (Wildman–Crippen LogP) is 2.24. The normalized spacial score (nSPS) is 19.7. The van der Waals surface area contributed by atoms with Crippen molar-refractivity contribution in [3.63, 3.8) is 0 Å². The first-order chi connectivity index (χ1) is 8.98. The van der Waals surface area contributed by atoms with Gasteiger partial charge in [-0.1, -0.05) is 37.0 Å². The van der Waals surface area contributed by atoms with Crippen molar-refractivity contribution in [2.24, 2.45) is 10.9 Å². The molecule has 1 N–H and O–H groups in total. The fourth-order valence-corrected chi connectivity index (χ4v) is 1.79. The van der Waals surface area contributed by atoms with Crippen LogP contribution in [0.2, 0.25) is 0 Å². The summed E-state index contributed by atoms with van der Waals surface area (Å²) in [4.78, 5) is 4.46. The summed E-state index contributed by atoms with van der Waals surface area (Å²) in [7, 11) is 0. The molecule has 0 saturated carbocycles. The Morgan fingerprint density at radius 3 is 2.58 bits per heavy atom. The van der Waals surface area contributed by atoms with Gasteiger partial charge in [0.15, 0.2) is 5.90 Å². The van der Waals surface area contributed by atoms with E-state index in [1.54, 1.807) is 0 Å². The van der Waals surface area contributed by atoms with Crippen LogP contribution in [0.1, 0.15) is 26.3 Å². The van der Waals surface area contributed by atoms with E-state index in [1.807, 2.05) is 51.1 Å². The third-order valence-electron chi connectivity index (χ3n) is 2.99. The summed E-state index contributed by atoms with van der Waals surface area (Å²) in [6.45, 7) is 6.46. The van der Waals surface area contributed by atoms with E-state index < -0.39 is 6.10 Å². The molecule has 0 aromatic heterocycles. The Hall–Kier alpha value is -1.79. The average Bonchev–Trinajstić information content (AvgIpc) is 2.76. The van der Waals surface area contributed by atoms with Crippen molar-refractivity contribution in [2.75, 3.05) is 6.61 Å². The van der Waals surface area contributed by atoms with E-state index in [0.717, 1.165) is 5.56 Å². The van der Waals surface area contributed by atoms with Gasteiger partial charge in [-0.25, -0.2) is 4.99 Å². The van der Waals surface area contributed by atoms with Gasteiger partial charge in [0.2, 0.25) is 0 Å². The van der Waals surface area contributed by atoms with E-state index >= 15 is 0 Å². The van der Waals surface area contributed by atoms with Crippen LogP contribution in [0.15, 0.2) is 35.3 Å². The molecular formula is C16H19NO2. The molecule has 2 atom stereocenters. The number of hydrogen-bond donors (Lipinski definition) is 1. The first-order valence-corrected chi connectivity index (χ1v) is 6.45. The lowest BCUT2D eigenvalue weighted by atomic mass is 10.0. The summed E-state index contributed by atoms with van der Waals surface area (Å²) in [6.07, 6.45) is -0.771. The molecule has 3 heteroatoms. The second-order valence-corrected chi connectivity index (χ2v) is 5.42. The highest BCUT2D eigenvalue weighted by Gasteiger charge is 2.31. The summed E-state index contributed by atoms with van der Waals surface area (Å²) < 4.78 is 5.53. The molecule has 0 radical (unpaired) electrons. The van der Waals surface area contributed by atoms with E-state index in [9.17, 15) is 5.11 Å². The van der Waals surface area contributed by atoms with Crippen molar-refractivity contribution in [3.05, 3.63) is 35.9 Å². The quantitative estimate of drug-likeness (QED) is 0.826. The Morgan fingerprint density at radius 2 is 2.00 bits per heavy atom. The minimum Gasteiger partial charge on any atom is -0.478 e. The van der Waals surface area contributed by atoms with Gasteiger partial charge in [-0.2, -0.15) is 0 Å². The van der Waals surface area contributed by atoms with Crippen molar-refractivity contribution in [1.82, 2.24) is 0 Å². The molecule has 1 aliphatic heterocycles. The van der Waals surface area contributed by atoms with Gasteiger partial charge in [-0.15, -0.1) is 0 Å². The van der Waals surface area contributed by atoms with Crippen LogP contribution in [-0.2, 0) is 4.74 Å². The molecule has 0 bridgehead atoms. The fourth-order valence-electron chi connectivity index (χ4n) is 1.79. The topological polar surface area (TPSA) is 41.8 Å². The second kappa shape index (κ2) is 5.46. The van der Waals surface area contributed by atoms with Gasteiger partial charge in [0.05, 0.1) is 11.5 Å². The Kier molecular flexibility index (Phi) is 3.92. The van der Waals surface area contributed by atoms with Gasteiger partial charge < -0.3 is 9.84 Å². The number of rotatable bonds is 2. The smallest absolute Gasteiger partial charge is 0.190 e. The number of aliphatic hydroxyl groups excluding tert-OH is 1. The van der Waals surface area contributed by atoms with Gasteiger partial charge >= 0.3 is 0 Å². The Balaban J connectivity index is 2.05. The van der Waals surface area contributed by atoms with E-state index in [-0.39, 0.29) is 11.5 Å². The van der Waals surface area contributed by atoms with E-state index in [1.165, 1.54) is 0 Å². The molecule has 0 saturated heterocycles. The molecule has 0 fully saturated rings. The Morgan fingerprint density at radius 1 is 1.32 bits per heavy atom. The van der Waals surface area contributed by atoms with Gasteiger partial charge in [-0.05, 0) is 26.0 Å². The molecular weight excluding hydrogens is 238 g/mol. The second-order valence-electron chi connectivity index (χ2n) is 5.42. The molecule has 19 heavy (non-hydrogen) atoms. The maximum atomic E-state index is 10.1. The van der Waals surface area contributed by atoms with Crippen molar-refractivity contribution in [1.29, 1.82) is 0 Å². The molecule has 2 rings (SSSR count). The number of hydrogen-bond acceptors (Lipinski definition) is 3. The SMILES string of the molecule is C[C@H](C1=NC(C)(C)CO1)[C@H](O)C#Cc1ccccc1. The fraction of sp³-hybridized carbons (Fsp3) is 0.438. The summed E-state index contributed by atoms with van der Waals surface area (Å²) in [5, 5.41) is 10.1. The van der Waals surface area contributed by atoms with Crippen molar-refractivity contribution < 1.29 is 9.84 Å². The van der Waals surface area contributed by atoms with Crippen molar-refractivity contribution in [3.8, 4) is 11.8 Å². The minimum absolute atomic E-state index is 0.198. The standard InChI is InChI=1S/C16H19NO2/c1-12(15-17-16(2,3)11-19-15)14(18)10-9-13-7-5-4-6-8-13/h4-8,12,14,18H,11H2,1-3H3/t12-,14+/m0/s1. The summed E-state index contributed by atoms with van der Waals surface area (Å²) >= 11 is 0. The molecule has 1 aromatic carbocycles. The average molecular weight is 257 g/mol. The zero-order valence-corrected chi connectivity index (χ0v) is 11.6. The lowest BCUT2D eigenvalue weighted by molar-refractivity contribution is 0.181. The van der Waals surface area contributed by atoms with E-state index in [0.29, 0.717) is 12.5 Å². The van der Waals surface area contributed by atoms with Crippen LogP contribution in [0.5, 0.6) is 0 Å². The van der Waals surface area contributed by atoms with Crippen LogP contribution in [-0.4, -0.2) is 29.3 Å². The maximum Gasteiger partial charge on any atom is 0.190 e. The molecule has 1 aliphatic rings. The predicted molar refractivity (Wildman–Crippen MR) is 76.0 cm³/mol. The third kappa shape index (κ3) is 3.59. The minimum atomic E-state index is -0.771. The number of benzene rings is 1. The van der Waals surface area contributed by atoms with Crippen molar-refractivity contribution in [2.45, 2.75) is 32.4 Å². The van der Waals surface area contributed by atoms with E-state index in [2.05, 4.69) is 16.8 Å². The summed E-state index contributed by atoms with van der Waals surface area (Å²) in [5.41, 5.74) is 0.694. The molecule has 0 unspecified atom stereocenters. The number of nitrogens with zero attached hydrogens (tertiary/aromatic N) is 1. The highest BCUT2D eigenvalue weighted by Crippen LogP contribution is 2.21. The Labute approximate surface area is 114 Å². The molecule has 3 nitrogen and oxygen atoms in total. The maximum absolute atomic E-state index is 10.1. The zero-order valence-electron chi connectivity index (χ0n) is 11.6. The molecule has 0 aliphatic carbocycles. The third-order valence-corrected chi connectivity index (χ3v) is 2.99. The summed E-state index contributed by atoms with van der Waals surface area (Å²) in [5.74, 6) is 6.19. The molecule has 1 aromatic rings. The highest BCUT2D eigenvalue weighted by atomic mass is 16.5. The highest BCUT2D eigenvalue weighted by molar-refractivity contribution is 5.81. The number of ether oxygens (including phenoxy) is 1. The first-order valence-electron chi connectivity index (χ1n) is 6.45. The summed E-state index contributed by atoms with van der Waals surface area (Å²) in [6, 6.07) is 9.61. The van der Waals surface area contributed by atoms with Crippen LogP contribution in [0, 0.1) is 17.8 Å². The van der Waals surface area contributed by atoms with Crippen LogP contribution < -0.4 is 0 Å². The van der Waals surface area contributed by atoms with Gasteiger partial charge in [0, 0.05) is 5.56 Å². The monoisotopic (exact) mass is 257 g/mol. The molecule has 1 heterocycles. The van der Waals surface area contributed by atoms with Gasteiger partial charge in [-0.3, -0.25) is 0 Å². The lowest BCUT2D eigenvalue weighted by Gasteiger charge is -2.12. The first kappa shape index (κ1) is 13.6.